The van der Waals surface area contributed by atoms with Gasteiger partial charge in [-0.25, -0.2) is 14.6 Å². The van der Waals surface area contributed by atoms with Crippen molar-refractivity contribution in [3.05, 3.63) is 34.5 Å². The molecule has 2 heterocycles. The number of alkyl halides is 3. The third kappa shape index (κ3) is 2.69. The number of hydrogen-bond acceptors (Lipinski definition) is 3. The topological polar surface area (TPSA) is 43.6 Å². The Morgan fingerprint density at radius 1 is 1.33 bits per heavy atom. The van der Waals surface area contributed by atoms with Crippen LogP contribution in [0.25, 0.3) is 5.82 Å². The lowest BCUT2D eigenvalue weighted by molar-refractivity contribution is -0.141. The quantitative estimate of drug-likeness (QED) is 0.799. The van der Waals surface area contributed by atoms with Crippen LogP contribution in [-0.2, 0) is 12.6 Å². The molecule has 0 aromatic carbocycles. The van der Waals surface area contributed by atoms with Gasteiger partial charge in [-0.1, -0.05) is 6.92 Å². The van der Waals surface area contributed by atoms with E-state index in [0.717, 1.165) is 10.7 Å². The van der Waals surface area contributed by atoms with Gasteiger partial charge in [0.2, 0.25) is 0 Å². The molecule has 0 aliphatic carbocycles. The maximum absolute atomic E-state index is 12.4. The monoisotopic (exact) mass is 320 g/mol. The second-order valence-electron chi connectivity index (χ2n) is 3.46. The zero-order valence-electron chi connectivity index (χ0n) is 9.24. The second-order valence-corrected chi connectivity index (χ2v) is 4.27. The molecule has 0 N–H and O–H groups in total. The lowest BCUT2D eigenvalue weighted by Gasteiger charge is -2.04. The zero-order chi connectivity index (χ0) is 13.3. The fraction of sp³-hybridized carbons (Fsp3) is 0.300. The molecule has 96 valence electrons. The number of rotatable bonds is 2. The van der Waals surface area contributed by atoms with E-state index in [0.29, 0.717) is 22.7 Å². The minimum Gasteiger partial charge on any atom is -0.226 e. The van der Waals surface area contributed by atoms with E-state index in [1.54, 1.807) is 0 Å². The van der Waals surface area contributed by atoms with Crippen molar-refractivity contribution in [2.75, 3.05) is 0 Å². The summed E-state index contributed by atoms with van der Waals surface area (Å²) in [5.74, 6) is 0.827. The number of hydrogen-bond donors (Lipinski definition) is 0. The van der Waals surface area contributed by atoms with Crippen molar-refractivity contribution in [3.63, 3.8) is 0 Å². The molecule has 4 nitrogen and oxygen atoms in total. The summed E-state index contributed by atoms with van der Waals surface area (Å²) in [4.78, 5) is 8.19. The predicted molar refractivity (Wildman–Crippen MR) is 61.2 cm³/mol. The highest BCUT2D eigenvalue weighted by Crippen LogP contribution is 2.27. The fourth-order valence-corrected chi connectivity index (χ4v) is 1.74. The summed E-state index contributed by atoms with van der Waals surface area (Å²) in [6.07, 6.45) is -2.65. The summed E-state index contributed by atoms with van der Waals surface area (Å²) in [6.45, 7) is 1.86. The first kappa shape index (κ1) is 13.0. The van der Waals surface area contributed by atoms with Crippen LogP contribution in [0, 0.1) is 0 Å². The summed E-state index contributed by atoms with van der Waals surface area (Å²) in [5.41, 5.74) is -0.949. The molecule has 2 aromatic heterocycles. The van der Waals surface area contributed by atoms with Gasteiger partial charge >= 0.3 is 6.18 Å². The Kier molecular flexibility index (Phi) is 3.38. The van der Waals surface area contributed by atoms with E-state index in [9.17, 15) is 13.2 Å². The van der Waals surface area contributed by atoms with Crippen molar-refractivity contribution in [1.82, 2.24) is 19.7 Å². The molecule has 2 rings (SSSR count). The normalized spacial score (nSPS) is 11.8. The van der Waals surface area contributed by atoms with E-state index in [4.69, 9.17) is 0 Å². The maximum Gasteiger partial charge on any atom is 0.435 e. The highest BCUT2D eigenvalue weighted by molar-refractivity contribution is 9.10. The van der Waals surface area contributed by atoms with Crippen LogP contribution >= 0.6 is 15.9 Å². The van der Waals surface area contributed by atoms with Crippen molar-refractivity contribution in [2.45, 2.75) is 19.5 Å². The Bertz CT molecular complexity index is 564. The van der Waals surface area contributed by atoms with Crippen LogP contribution in [0.4, 0.5) is 13.2 Å². The van der Waals surface area contributed by atoms with E-state index in [2.05, 4.69) is 31.0 Å². The second kappa shape index (κ2) is 4.68. The molecule has 0 aliphatic rings. The summed E-state index contributed by atoms with van der Waals surface area (Å²) in [6, 6.07) is 2.41. The van der Waals surface area contributed by atoms with Crippen LogP contribution in [0.1, 0.15) is 18.4 Å². The molecule has 0 aliphatic heterocycles. The Morgan fingerprint density at radius 2 is 2.06 bits per heavy atom. The number of halogens is 4. The molecule has 0 amide bonds. The summed E-state index contributed by atoms with van der Waals surface area (Å²) in [7, 11) is 0. The average molecular weight is 321 g/mol. The largest absolute Gasteiger partial charge is 0.435 e. The van der Waals surface area contributed by atoms with E-state index < -0.39 is 11.9 Å². The maximum atomic E-state index is 12.4. The molecule has 0 radical (unpaired) electrons. The van der Waals surface area contributed by atoms with E-state index in [-0.39, 0.29) is 0 Å². The number of nitrogens with zero attached hydrogens (tertiary/aromatic N) is 4. The average Bonchev–Trinajstić information content (AvgIpc) is 2.77. The molecule has 0 saturated heterocycles. The minimum absolute atomic E-state index is 0.296. The molecule has 0 fully saturated rings. The Morgan fingerprint density at radius 3 is 2.61 bits per heavy atom. The molecular formula is C10H8BrF3N4. The van der Waals surface area contributed by atoms with Gasteiger partial charge in [-0.05, 0) is 22.0 Å². The van der Waals surface area contributed by atoms with Gasteiger partial charge in [0.1, 0.15) is 10.4 Å². The molecule has 18 heavy (non-hydrogen) atoms. The van der Waals surface area contributed by atoms with Crippen molar-refractivity contribution in [1.29, 1.82) is 0 Å². The van der Waals surface area contributed by atoms with Crippen molar-refractivity contribution < 1.29 is 13.2 Å². The third-order valence-corrected chi connectivity index (χ3v) is 2.56. The van der Waals surface area contributed by atoms with Gasteiger partial charge in [-0.3, -0.25) is 0 Å². The van der Waals surface area contributed by atoms with Gasteiger partial charge in [0.15, 0.2) is 11.5 Å². The molecule has 8 heteroatoms. The Balaban J connectivity index is 2.43. The van der Waals surface area contributed by atoms with Gasteiger partial charge in [0, 0.05) is 18.7 Å². The lowest BCUT2D eigenvalue weighted by atomic mass is 10.4. The Hall–Kier alpha value is -1.44. The van der Waals surface area contributed by atoms with Gasteiger partial charge in [0.05, 0.1) is 0 Å². The van der Waals surface area contributed by atoms with Gasteiger partial charge < -0.3 is 0 Å². The number of aryl methyl sites for hydroxylation is 1. The number of aromatic nitrogens is 4. The van der Waals surface area contributed by atoms with E-state index >= 15 is 0 Å². The first-order chi connectivity index (χ1) is 8.40. The standard InChI is InChI=1S/C10H8BrF3N4/c1-2-8-15-7(11)5-9(16-8)18-4-3-6(17-18)10(12,13)14/h3-5H,2H2,1H3. The fourth-order valence-electron chi connectivity index (χ4n) is 1.33. The molecular weight excluding hydrogens is 313 g/mol. The summed E-state index contributed by atoms with van der Waals surface area (Å²) >= 11 is 3.18. The highest BCUT2D eigenvalue weighted by Gasteiger charge is 2.33. The lowest BCUT2D eigenvalue weighted by Crippen LogP contribution is -2.08. The van der Waals surface area contributed by atoms with Crippen molar-refractivity contribution >= 4 is 15.9 Å². The Labute approximate surface area is 109 Å². The highest BCUT2D eigenvalue weighted by atomic mass is 79.9. The minimum atomic E-state index is -4.46. The van der Waals surface area contributed by atoms with Gasteiger partial charge in [-0.2, -0.15) is 18.3 Å². The third-order valence-electron chi connectivity index (χ3n) is 2.16. The molecule has 2 aromatic rings. The van der Waals surface area contributed by atoms with E-state index in [1.807, 2.05) is 6.92 Å². The van der Waals surface area contributed by atoms with Gasteiger partial charge in [0.25, 0.3) is 0 Å². The predicted octanol–water partition coefficient (Wildman–Crippen LogP) is 3.01. The first-order valence-corrected chi connectivity index (χ1v) is 5.86. The summed E-state index contributed by atoms with van der Waals surface area (Å²) in [5, 5.41) is 3.45. The van der Waals surface area contributed by atoms with Gasteiger partial charge in [-0.15, -0.1) is 0 Å². The summed E-state index contributed by atoms with van der Waals surface area (Å²) < 4.78 is 38.9. The van der Waals surface area contributed by atoms with Crippen LogP contribution in [0.5, 0.6) is 0 Å². The first-order valence-electron chi connectivity index (χ1n) is 5.07. The van der Waals surface area contributed by atoms with Crippen LogP contribution < -0.4 is 0 Å². The smallest absolute Gasteiger partial charge is 0.226 e. The molecule has 0 spiro atoms. The van der Waals surface area contributed by atoms with Crippen molar-refractivity contribution in [3.8, 4) is 5.82 Å². The SMILES string of the molecule is CCc1nc(Br)cc(-n2ccc(C(F)(F)F)n2)n1. The molecule has 0 saturated carbocycles. The molecule has 0 atom stereocenters. The zero-order valence-corrected chi connectivity index (χ0v) is 10.8. The van der Waals surface area contributed by atoms with Crippen LogP contribution in [0.3, 0.4) is 0 Å². The molecule has 0 bridgehead atoms. The van der Waals surface area contributed by atoms with E-state index in [1.165, 1.54) is 12.3 Å². The van der Waals surface area contributed by atoms with Crippen LogP contribution in [0.2, 0.25) is 0 Å². The molecule has 0 unspecified atom stereocenters. The van der Waals surface area contributed by atoms with Crippen LogP contribution in [-0.4, -0.2) is 19.7 Å². The van der Waals surface area contributed by atoms with Crippen molar-refractivity contribution in [2.24, 2.45) is 0 Å². The van der Waals surface area contributed by atoms with Crippen LogP contribution in [0.15, 0.2) is 22.9 Å².